The van der Waals surface area contributed by atoms with E-state index in [1.165, 1.54) is 24.8 Å². The summed E-state index contributed by atoms with van der Waals surface area (Å²) < 4.78 is 6.83. The van der Waals surface area contributed by atoms with Crippen LogP contribution in [0, 0.1) is 5.92 Å². The molecule has 3 rings (SSSR count). The molecule has 0 amide bonds. The minimum atomic E-state index is 0. The number of hydrogen-bond donors (Lipinski definition) is 2. The Morgan fingerprint density at radius 3 is 2.88 bits per heavy atom. The van der Waals surface area contributed by atoms with Crippen LogP contribution in [0.1, 0.15) is 38.7 Å². The van der Waals surface area contributed by atoms with Crippen molar-refractivity contribution in [2.24, 2.45) is 5.92 Å². The summed E-state index contributed by atoms with van der Waals surface area (Å²) in [4.78, 5) is 0. The maximum absolute atomic E-state index is 5.68. The average molecular weight is 418 g/mol. The predicted molar refractivity (Wildman–Crippen MR) is 106 cm³/mol. The topological polar surface area (TPSA) is 33.3 Å². The first-order valence-electron chi connectivity index (χ1n) is 8.87. The van der Waals surface area contributed by atoms with E-state index in [1.807, 2.05) is 0 Å². The van der Waals surface area contributed by atoms with Crippen molar-refractivity contribution in [1.82, 2.24) is 10.6 Å². The van der Waals surface area contributed by atoms with Crippen molar-refractivity contribution in [3.8, 4) is 0 Å². The number of morpholine rings is 1. The summed E-state index contributed by atoms with van der Waals surface area (Å²) in [7, 11) is 0. The van der Waals surface area contributed by atoms with Crippen LogP contribution in [0.2, 0.25) is 0 Å². The second-order valence-electron chi connectivity index (χ2n) is 7.61. The van der Waals surface area contributed by atoms with Crippen molar-refractivity contribution in [3.05, 3.63) is 34.3 Å². The van der Waals surface area contributed by atoms with Crippen molar-refractivity contribution in [3.63, 3.8) is 0 Å². The molecule has 136 valence electrons. The van der Waals surface area contributed by atoms with Crippen molar-refractivity contribution < 1.29 is 4.74 Å². The van der Waals surface area contributed by atoms with Gasteiger partial charge in [0.2, 0.25) is 0 Å². The van der Waals surface area contributed by atoms with Gasteiger partial charge < -0.3 is 15.4 Å². The van der Waals surface area contributed by atoms with Crippen LogP contribution in [0.4, 0.5) is 0 Å². The lowest BCUT2D eigenvalue weighted by Gasteiger charge is -2.35. The molecule has 1 heterocycles. The Balaban J connectivity index is 0.00000208. The van der Waals surface area contributed by atoms with Gasteiger partial charge in [-0.2, -0.15) is 0 Å². The van der Waals surface area contributed by atoms with Crippen molar-refractivity contribution in [1.29, 1.82) is 0 Å². The van der Waals surface area contributed by atoms with Crippen LogP contribution < -0.4 is 10.6 Å². The highest BCUT2D eigenvalue weighted by Crippen LogP contribution is 2.31. The largest absolute Gasteiger partial charge is 0.379 e. The fourth-order valence-electron chi connectivity index (χ4n) is 3.98. The minimum absolute atomic E-state index is 0. The van der Waals surface area contributed by atoms with Gasteiger partial charge in [-0.15, -0.1) is 12.4 Å². The molecule has 1 aromatic rings. The van der Waals surface area contributed by atoms with Gasteiger partial charge in [0.05, 0.1) is 13.2 Å². The summed E-state index contributed by atoms with van der Waals surface area (Å²) in [6.07, 6.45) is 3.94. The summed E-state index contributed by atoms with van der Waals surface area (Å²) in [6.45, 7) is 8.39. The predicted octanol–water partition coefficient (Wildman–Crippen LogP) is 3.90. The summed E-state index contributed by atoms with van der Waals surface area (Å²) in [6, 6.07) is 9.83. The molecule has 0 bridgehead atoms. The molecule has 1 saturated heterocycles. The molecule has 0 aromatic heterocycles. The number of nitrogens with one attached hydrogen (secondary N) is 2. The van der Waals surface area contributed by atoms with Gasteiger partial charge in [0.25, 0.3) is 0 Å². The Kier molecular flexibility index (Phi) is 7.57. The standard InChI is InChI=1S/C19H29BrN2O.ClH/c1-19(2,14-5-3-6-15(20)11-14)13-22-17-8-4-7-16(17)18-12-23-10-9-21-18;/h3,5-6,11,16-18,21-22H,4,7-10,12-13H2,1-2H3;1H. The number of ether oxygens (including phenoxy) is 1. The SMILES string of the molecule is CC(C)(CNC1CCCC1C1COCCN1)c1cccc(Br)c1.Cl. The third kappa shape index (κ3) is 4.95. The molecule has 3 unspecified atom stereocenters. The zero-order valence-corrected chi connectivity index (χ0v) is 17.1. The zero-order chi connectivity index (χ0) is 16.3. The van der Waals surface area contributed by atoms with E-state index in [0.717, 1.165) is 30.8 Å². The number of hydrogen-bond acceptors (Lipinski definition) is 3. The highest BCUT2D eigenvalue weighted by Gasteiger charge is 2.35. The first-order chi connectivity index (χ1) is 11.1. The molecule has 0 spiro atoms. The molecule has 1 aliphatic carbocycles. The van der Waals surface area contributed by atoms with E-state index >= 15 is 0 Å². The van der Waals surface area contributed by atoms with Gasteiger partial charge in [-0.3, -0.25) is 0 Å². The lowest BCUT2D eigenvalue weighted by Crippen LogP contribution is -2.52. The van der Waals surface area contributed by atoms with Crippen molar-refractivity contribution >= 4 is 28.3 Å². The summed E-state index contributed by atoms with van der Waals surface area (Å²) in [5.41, 5.74) is 1.51. The Hall–Kier alpha value is -0.130. The van der Waals surface area contributed by atoms with E-state index < -0.39 is 0 Å². The molecule has 3 atom stereocenters. The molecule has 1 aromatic carbocycles. The molecule has 2 fully saturated rings. The van der Waals surface area contributed by atoms with E-state index in [1.54, 1.807) is 0 Å². The van der Waals surface area contributed by atoms with Gasteiger partial charge in [0, 0.05) is 35.1 Å². The smallest absolute Gasteiger partial charge is 0.0623 e. The van der Waals surface area contributed by atoms with E-state index in [4.69, 9.17) is 4.74 Å². The average Bonchev–Trinajstić information content (AvgIpc) is 3.02. The monoisotopic (exact) mass is 416 g/mol. The van der Waals surface area contributed by atoms with Crippen LogP contribution in [0.15, 0.2) is 28.7 Å². The van der Waals surface area contributed by atoms with Gasteiger partial charge in [-0.1, -0.05) is 48.3 Å². The quantitative estimate of drug-likeness (QED) is 0.762. The summed E-state index contributed by atoms with van der Waals surface area (Å²) in [5.74, 6) is 0.702. The minimum Gasteiger partial charge on any atom is -0.379 e. The Bertz CT molecular complexity index is 520. The van der Waals surface area contributed by atoms with E-state index in [2.05, 4.69) is 64.7 Å². The second kappa shape index (κ2) is 9.00. The molecule has 0 radical (unpaired) electrons. The first kappa shape index (κ1) is 20.2. The first-order valence-corrected chi connectivity index (χ1v) is 9.66. The fraction of sp³-hybridized carbons (Fsp3) is 0.684. The van der Waals surface area contributed by atoms with Gasteiger partial charge in [-0.25, -0.2) is 0 Å². The number of benzene rings is 1. The fourth-order valence-corrected chi connectivity index (χ4v) is 4.38. The summed E-state index contributed by atoms with van der Waals surface area (Å²) in [5, 5.41) is 7.53. The molecule has 1 saturated carbocycles. The molecule has 24 heavy (non-hydrogen) atoms. The zero-order valence-electron chi connectivity index (χ0n) is 14.7. The highest BCUT2D eigenvalue weighted by atomic mass is 79.9. The van der Waals surface area contributed by atoms with Gasteiger partial charge in [0.1, 0.15) is 0 Å². The molecule has 3 nitrogen and oxygen atoms in total. The molecule has 2 aliphatic rings. The van der Waals surface area contributed by atoms with E-state index in [9.17, 15) is 0 Å². The lowest BCUT2D eigenvalue weighted by atomic mass is 9.84. The molecule has 1 aliphatic heterocycles. The molecule has 2 N–H and O–H groups in total. The summed E-state index contributed by atoms with van der Waals surface area (Å²) >= 11 is 3.59. The Morgan fingerprint density at radius 2 is 2.17 bits per heavy atom. The van der Waals surface area contributed by atoms with E-state index in [-0.39, 0.29) is 17.8 Å². The molecule has 5 heteroatoms. The van der Waals surface area contributed by atoms with Gasteiger partial charge in [0.15, 0.2) is 0 Å². The Labute approximate surface area is 160 Å². The van der Waals surface area contributed by atoms with Crippen molar-refractivity contribution in [2.45, 2.75) is 50.6 Å². The number of rotatable bonds is 5. The van der Waals surface area contributed by atoms with Crippen LogP contribution in [0.25, 0.3) is 0 Å². The van der Waals surface area contributed by atoms with Crippen LogP contribution in [-0.2, 0) is 10.2 Å². The van der Waals surface area contributed by atoms with Crippen LogP contribution in [-0.4, -0.2) is 38.4 Å². The normalized spacial score (nSPS) is 27.7. The number of halogens is 2. The molecular weight excluding hydrogens is 388 g/mol. The van der Waals surface area contributed by atoms with Gasteiger partial charge in [-0.05, 0) is 36.5 Å². The van der Waals surface area contributed by atoms with Gasteiger partial charge >= 0.3 is 0 Å². The van der Waals surface area contributed by atoms with Crippen molar-refractivity contribution in [2.75, 3.05) is 26.3 Å². The third-order valence-electron chi connectivity index (χ3n) is 5.45. The Morgan fingerprint density at radius 1 is 1.33 bits per heavy atom. The second-order valence-corrected chi connectivity index (χ2v) is 8.53. The van der Waals surface area contributed by atoms with Crippen LogP contribution in [0.5, 0.6) is 0 Å². The highest BCUT2D eigenvalue weighted by molar-refractivity contribution is 9.10. The molecular formula is C19H30BrClN2O. The maximum Gasteiger partial charge on any atom is 0.0623 e. The van der Waals surface area contributed by atoms with E-state index in [0.29, 0.717) is 18.0 Å². The lowest BCUT2D eigenvalue weighted by molar-refractivity contribution is 0.0522. The van der Waals surface area contributed by atoms with Crippen LogP contribution >= 0.6 is 28.3 Å². The van der Waals surface area contributed by atoms with Crippen LogP contribution in [0.3, 0.4) is 0 Å². The maximum atomic E-state index is 5.68. The third-order valence-corrected chi connectivity index (χ3v) is 5.94.